The maximum Gasteiger partial charge on any atom is 0.0746 e. The predicted octanol–water partition coefficient (Wildman–Crippen LogP) is 1.39. The summed E-state index contributed by atoms with van der Waals surface area (Å²) in [6, 6.07) is 0. The monoisotopic (exact) mass is 226 g/mol. The van der Waals surface area contributed by atoms with Crippen LogP contribution in [0.25, 0.3) is 0 Å². The van der Waals surface area contributed by atoms with E-state index >= 15 is 0 Å². The molecular formula is C13H26N2O. The highest BCUT2D eigenvalue weighted by atomic mass is 16.3. The second-order valence-electron chi connectivity index (χ2n) is 5.24. The smallest absolute Gasteiger partial charge is 0.0746 e. The van der Waals surface area contributed by atoms with Gasteiger partial charge in [0.25, 0.3) is 0 Å². The van der Waals surface area contributed by atoms with Gasteiger partial charge in [-0.3, -0.25) is 4.90 Å². The van der Waals surface area contributed by atoms with Gasteiger partial charge in [-0.2, -0.15) is 0 Å². The van der Waals surface area contributed by atoms with Crippen molar-refractivity contribution in [2.45, 2.75) is 38.7 Å². The molecule has 3 nitrogen and oxygen atoms in total. The molecule has 0 aromatic rings. The molecule has 1 heterocycles. The van der Waals surface area contributed by atoms with E-state index in [-0.39, 0.29) is 0 Å². The van der Waals surface area contributed by atoms with Crippen molar-refractivity contribution in [3.05, 3.63) is 12.2 Å². The first-order valence-electron chi connectivity index (χ1n) is 6.35. The van der Waals surface area contributed by atoms with Gasteiger partial charge in [-0.15, -0.1) is 0 Å². The number of hydrogen-bond acceptors (Lipinski definition) is 3. The first-order valence-corrected chi connectivity index (χ1v) is 6.35. The molecule has 16 heavy (non-hydrogen) atoms. The number of piperidine rings is 1. The molecule has 1 aliphatic heterocycles. The van der Waals surface area contributed by atoms with Crippen LogP contribution in [0.15, 0.2) is 12.2 Å². The standard InChI is InChI=1S/C13H26N2O/c1-4-7-14-9-12(2)10-15-8-5-6-13(3,16)11-15/h14,16H,2,4-11H2,1,3H3. The Hall–Kier alpha value is -0.380. The summed E-state index contributed by atoms with van der Waals surface area (Å²) in [5, 5.41) is 13.3. The fraction of sp³-hybridized carbons (Fsp3) is 0.846. The topological polar surface area (TPSA) is 35.5 Å². The lowest BCUT2D eigenvalue weighted by molar-refractivity contribution is -0.0125. The molecule has 0 spiro atoms. The maximum absolute atomic E-state index is 9.98. The van der Waals surface area contributed by atoms with Gasteiger partial charge in [0, 0.05) is 19.6 Å². The van der Waals surface area contributed by atoms with Crippen molar-refractivity contribution in [2.24, 2.45) is 0 Å². The summed E-state index contributed by atoms with van der Waals surface area (Å²) >= 11 is 0. The van der Waals surface area contributed by atoms with Crippen molar-refractivity contribution >= 4 is 0 Å². The minimum Gasteiger partial charge on any atom is -0.389 e. The molecule has 1 aliphatic rings. The number of nitrogens with one attached hydrogen (secondary N) is 1. The molecular weight excluding hydrogens is 200 g/mol. The van der Waals surface area contributed by atoms with Crippen molar-refractivity contribution < 1.29 is 5.11 Å². The Balaban J connectivity index is 2.23. The molecule has 0 aromatic heterocycles. The van der Waals surface area contributed by atoms with Gasteiger partial charge in [0.15, 0.2) is 0 Å². The zero-order chi connectivity index (χ0) is 12.0. The maximum atomic E-state index is 9.98. The van der Waals surface area contributed by atoms with E-state index in [0.717, 1.165) is 52.0 Å². The number of aliphatic hydroxyl groups is 1. The van der Waals surface area contributed by atoms with Gasteiger partial charge < -0.3 is 10.4 Å². The zero-order valence-electron chi connectivity index (χ0n) is 10.8. The lowest BCUT2D eigenvalue weighted by Gasteiger charge is -2.37. The number of likely N-dealkylation sites (tertiary alicyclic amines) is 1. The highest BCUT2D eigenvalue weighted by molar-refractivity contribution is 5.01. The van der Waals surface area contributed by atoms with Gasteiger partial charge >= 0.3 is 0 Å². The minimum absolute atomic E-state index is 0.505. The van der Waals surface area contributed by atoms with Crippen LogP contribution in [-0.4, -0.2) is 48.3 Å². The van der Waals surface area contributed by atoms with Crippen LogP contribution in [0, 0.1) is 0 Å². The molecule has 1 saturated heterocycles. The number of rotatable bonds is 6. The minimum atomic E-state index is -0.505. The van der Waals surface area contributed by atoms with Gasteiger partial charge in [0.2, 0.25) is 0 Å². The molecule has 1 fully saturated rings. The third-order valence-electron chi connectivity index (χ3n) is 3.00. The molecule has 2 N–H and O–H groups in total. The Morgan fingerprint density at radius 2 is 2.31 bits per heavy atom. The average molecular weight is 226 g/mol. The van der Waals surface area contributed by atoms with E-state index in [1.54, 1.807) is 0 Å². The van der Waals surface area contributed by atoms with Crippen LogP contribution in [0.5, 0.6) is 0 Å². The van der Waals surface area contributed by atoms with Crippen LogP contribution in [0.3, 0.4) is 0 Å². The summed E-state index contributed by atoms with van der Waals surface area (Å²) in [6.07, 6.45) is 3.17. The summed E-state index contributed by atoms with van der Waals surface area (Å²) in [5.74, 6) is 0. The van der Waals surface area contributed by atoms with Gasteiger partial charge in [-0.25, -0.2) is 0 Å². The summed E-state index contributed by atoms with van der Waals surface area (Å²) in [5.41, 5.74) is 0.709. The highest BCUT2D eigenvalue weighted by Gasteiger charge is 2.28. The fourth-order valence-electron chi connectivity index (χ4n) is 2.27. The number of nitrogens with zero attached hydrogens (tertiary/aromatic N) is 1. The lowest BCUT2D eigenvalue weighted by Crippen LogP contribution is -2.47. The van der Waals surface area contributed by atoms with E-state index in [2.05, 4.69) is 23.7 Å². The van der Waals surface area contributed by atoms with E-state index in [0.29, 0.717) is 0 Å². The van der Waals surface area contributed by atoms with Crippen LogP contribution >= 0.6 is 0 Å². The molecule has 3 heteroatoms. The summed E-state index contributed by atoms with van der Waals surface area (Å²) in [4.78, 5) is 2.31. The highest BCUT2D eigenvalue weighted by Crippen LogP contribution is 2.20. The molecule has 94 valence electrons. The molecule has 0 aromatic carbocycles. The van der Waals surface area contributed by atoms with Crippen LogP contribution in [-0.2, 0) is 0 Å². The Labute approximate surface area is 99.5 Å². The molecule has 1 unspecified atom stereocenters. The first kappa shape index (κ1) is 13.7. The molecule has 0 aliphatic carbocycles. The van der Waals surface area contributed by atoms with E-state index in [4.69, 9.17) is 0 Å². The third-order valence-corrected chi connectivity index (χ3v) is 3.00. The van der Waals surface area contributed by atoms with Crippen molar-refractivity contribution in [3.63, 3.8) is 0 Å². The molecule has 0 radical (unpaired) electrons. The van der Waals surface area contributed by atoms with Gasteiger partial charge in [-0.1, -0.05) is 13.5 Å². The molecule has 1 atom stereocenters. The number of β-amino-alcohol motifs (C(OH)–C–C–N with tert-alkyl or cyclic N) is 1. The van der Waals surface area contributed by atoms with E-state index in [1.807, 2.05) is 6.92 Å². The second-order valence-corrected chi connectivity index (χ2v) is 5.24. The van der Waals surface area contributed by atoms with Gasteiger partial charge in [-0.05, 0) is 44.8 Å². The normalized spacial score (nSPS) is 26.9. The van der Waals surface area contributed by atoms with Crippen molar-refractivity contribution in [2.75, 3.05) is 32.7 Å². The second kappa shape index (κ2) is 6.38. The lowest BCUT2D eigenvalue weighted by atomic mass is 9.95. The van der Waals surface area contributed by atoms with Crippen LogP contribution in [0.1, 0.15) is 33.1 Å². The Morgan fingerprint density at radius 1 is 1.56 bits per heavy atom. The zero-order valence-corrected chi connectivity index (χ0v) is 10.8. The van der Waals surface area contributed by atoms with Crippen molar-refractivity contribution in [3.8, 4) is 0 Å². The Kier molecular flexibility index (Phi) is 5.46. The largest absolute Gasteiger partial charge is 0.389 e. The molecule has 0 bridgehead atoms. The third kappa shape index (κ3) is 5.10. The fourth-order valence-corrected chi connectivity index (χ4v) is 2.27. The van der Waals surface area contributed by atoms with Crippen molar-refractivity contribution in [1.82, 2.24) is 10.2 Å². The van der Waals surface area contributed by atoms with Crippen LogP contribution in [0.4, 0.5) is 0 Å². The molecule has 1 rings (SSSR count). The summed E-state index contributed by atoms with van der Waals surface area (Å²) in [6.45, 7) is 12.9. The van der Waals surface area contributed by atoms with Gasteiger partial charge in [0.1, 0.15) is 0 Å². The quantitative estimate of drug-likeness (QED) is 0.531. The first-order chi connectivity index (χ1) is 7.53. The van der Waals surface area contributed by atoms with E-state index in [1.165, 1.54) is 5.57 Å². The SMILES string of the molecule is C=C(CNCCC)CN1CCCC(C)(O)C1. The molecule has 0 saturated carbocycles. The average Bonchev–Trinajstić information content (AvgIpc) is 2.16. The van der Waals surface area contributed by atoms with E-state index < -0.39 is 5.60 Å². The van der Waals surface area contributed by atoms with Gasteiger partial charge in [0.05, 0.1) is 5.60 Å². The van der Waals surface area contributed by atoms with E-state index in [9.17, 15) is 5.11 Å². The Bertz CT molecular complexity index is 226. The van der Waals surface area contributed by atoms with Crippen molar-refractivity contribution in [1.29, 1.82) is 0 Å². The Morgan fingerprint density at radius 3 is 2.94 bits per heavy atom. The predicted molar refractivity (Wildman–Crippen MR) is 68.6 cm³/mol. The van der Waals surface area contributed by atoms with Crippen LogP contribution < -0.4 is 5.32 Å². The number of hydrogen-bond donors (Lipinski definition) is 2. The summed E-state index contributed by atoms with van der Waals surface area (Å²) in [7, 11) is 0. The molecule has 0 amide bonds. The summed E-state index contributed by atoms with van der Waals surface area (Å²) < 4.78 is 0. The van der Waals surface area contributed by atoms with Crippen LogP contribution in [0.2, 0.25) is 0 Å².